The SMILES string of the molecule is C[C@]12CC/C(=N\Oc3ccc([N+](=O)[O-])cc3[N+](=O)[O-])C[C@H]1CC[C@@H]1[C@@H]2CC[C@]2(C)[C@@H](O)CC[C@@H]12. The quantitative estimate of drug-likeness (QED) is 0.447. The number of nitrogens with zero attached hydrogens (tertiary/aromatic N) is 3. The normalized spacial score (nSPS) is 40.2. The Morgan fingerprint density at radius 2 is 1.76 bits per heavy atom. The van der Waals surface area contributed by atoms with E-state index >= 15 is 0 Å². The molecule has 0 aliphatic heterocycles. The summed E-state index contributed by atoms with van der Waals surface area (Å²) in [7, 11) is 0. The van der Waals surface area contributed by atoms with Gasteiger partial charge in [-0.15, -0.1) is 0 Å². The van der Waals surface area contributed by atoms with Gasteiger partial charge >= 0.3 is 5.69 Å². The molecule has 4 fully saturated rings. The molecule has 1 N–H and O–H groups in total. The minimum atomic E-state index is -0.682. The Balaban J connectivity index is 1.31. The topological polar surface area (TPSA) is 128 Å². The number of non-ortho nitro benzene ring substituents is 1. The lowest BCUT2D eigenvalue weighted by Gasteiger charge is -2.60. The van der Waals surface area contributed by atoms with Crippen LogP contribution in [0.15, 0.2) is 23.4 Å². The minimum Gasteiger partial charge on any atom is -0.393 e. The molecule has 7 atom stereocenters. The highest BCUT2D eigenvalue weighted by atomic mass is 16.7. The number of fused-ring (bicyclic) bond motifs is 5. The zero-order valence-corrected chi connectivity index (χ0v) is 19.8. The van der Waals surface area contributed by atoms with Crippen LogP contribution in [-0.4, -0.2) is 26.8 Å². The van der Waals surface area contributed by atoms with Crippen LogP contribution in [0, 0.1) is 54.7 Å². The van der Waals surface area contributed by atoms with Crippen molar-refractivity contribution in [1.82, 2.24) is 0 Å². The highest BCUT2D eigenvalue weighted by Crippen LogP contribution is 2.66. The zero-order valence-electron chi connectivity index (χ0n) is 19.8. The lowest BCUT2D eigenvalue weighted by atomic mass is 9.45. The van der Waals surface area contributed by atoms with Crippen LogP contribution < -0.4 is 4.84 Å². The first kappa shape index (κ1) is 23.2. The number of hydrogen-bond donors (Lipinski definition) is 1. The van der Waals surface area contributed by atoms with E-state index in [-0.39, 0.29) is 28.4 Å². The molecule has 0 bridgehead atoms. The van der Waals surface area contributed by atoms with Crippen LogP contribution in [0.5, 0.6) is 5.75 Å². The number of rotatable bonds is 4. The average Bonchev–Trinajstić information content (AvgIpc) is 3.11. The van der Waals surface area contributed by atoms with Crippen LogP contribution >= 0.6 is 0 Å². The molecular weight excluding hydrogens is 438 g/mol. The maximum Gasteiger partial charge on any atom is 0.321 e. The van der Waals surface area contributed by atoms with Crippen molar-refractivity contribution in [3.8, 4) is 5.75 Å². The van der Waals surface area contributed by atoms with Gasteiger partial charge in [-0.05, 0) is 98.4 Å². The van der Waals surface area contributed by atoms with Crippen molar-refractivity contribution in [2.75, 3.05) is 0 Å². The summed E-state index contributed by atoms with van der Waals surface area (Å²) < 4.78 is 0. The summed E-state index contributed by atoms with van der Waals surface area (Å²) in [5.74, 6) is 2.42. The first-order valence-corrected chi connectivity index (χ1v) is 12.5. The smallest absolute Gasteiger partial charge is 0.321 e. The monoisotopic (exact) mass is 471 g/mol. The van der Waals surface area contributed by atoms with Gasteiger partial charge in [0.2, 0.25) is 5.75 Å². The molecule has 0 spiro atoms. The number of nitro benzene ring substituents is 2. The van der Waals surface area contributed by atoms with Gasteiger partial charge in [-0.25, -0.2) is 0 Å². The molecule has 0 amide bonds. The minimum absolute atomic E-state index is 0.0773. The zero-order chi connectivity index (χ0) is 24.3. The lowest BCUT2D eigenvalue weighted by Crippen LogP contribution is -2.54. The van der Waals surface area contributed by atoms with E-state index in [0.717, 1.165) is 56.7 Å². The maximum atomic E-state index is 11.4. The second-order valence-corrected chi connectivity index (χ2v) is 11.4. The average molecular weight is 472 g/mol. The van der Waals surface area contributed by atoms with Crippen molar-refractivity contribution >= 4 is 17.1 Å². The number of hydrogen-bond acceptors (Lipinski definition) is 7. The molecule has 0 aromatic heterocycles. The van der Waals surface area contributed by atoms with Crippen molar-refractivity contribution in [2.45, 2.75) is 77.7 Å². The second-order valence-electron chi connectivity index (χ2n) is 11.4. The van der Waals surface area contributed by atoms with E-state index in [1.807, 2.05) is 0 Å². The molecule has 34 heavy (non-hydrogen) atoms. The first-order valence-electron chi connectivity index (χ1n) is 12.5. The van der Waals surface area contributed by atoms with Crippen LogP contribution in [0.1, 0.15) is 71.6 Å². The van der Waals surface area contributed by atoms with Crippen molar-refractivity contribution in [3.05, 3.63) is 38.4 Å². The van der Waals surface area contributed by atoms with Gasteiger partial charge in [-0.1, -0.05) is 19.0 Å². The Morgan fingerprint density at radius 1 is 1.00 bits per heavy atom. The summed E-state index contributed by atoms with van der Waals surface area (Å²) in [6.45, 7) is 4.75. The van der Waals surface area contributed by atoms with Crippen LogP contribution in [0.2, 0.25) is 0 Å². The van der Waals surface area contributed by atoms with Gasteiger partial charge in [0.1, 0.15) is 0 Å². The summed E-state index contributed by atoms with van der Waals surface area (Å²) >= 11 is 0. The molecule has 0 saturated heterocycles. The third-order valence-electron chi connectivity index (χ3n) is 10.1. The molecular formula is C25H33N3O6. The number of nitro groups is 2. The number of aliphatic hydroxyl groups excluding tert-OH is 1. The molecule has 0 unspecified atom stereocenters. The number of aliphatic hydroxyl groups is 1. The standard InChI is InChI=1S/C25H33N3O6/c1-24-11-9-16(26-34-22-7-4-17(27(30)31)14-21(22)28(32)33)13-15(24)3-5-18-19-6-8-23(29)25(19,2)12-10-20(18)24/h4,7,14-15,18-20,23,29H,3,5-6,8-13H2,1-2H3/b26-16+/t15-,18+,19+,20+,23+,24+,25+/m1/s1. The summed E-state index contributed by atoms with van der Waals surface area (Å²) in [6.07, 6.45) is 9.19. The van der Waals surface area contributed by atoms with Crippen LogP contribution in [0.25, 0.3) is 0 Å². The van der Waals surface area contributed by atoms with Gasteiger partial charge in [0.25, 0.3) is 5.69 Å². The Kier molecular flexibility index (Phi) is 5.66. The fraction of sp³-hybridized carbons (Fsp3) is 0.720. The first-order chi connectivity index (χ1) is 16.1. The molecule has 4 aliphatic carbocycles. The van der Waals surface area contributed by atoms with Crippen molar-refractivity contribution in [1.29, 1.82) is 0 Å². The van der Waals surface area contributed by atoms with Crippen molar-refractivity contribution in [3.63, 3.8) is 0 Å². The van der Waals surface area contributed by atoms with E-state index in [1.54, 1.807) is 0 Å². The van der Waals surface area contributed by atoms with E-state index in [1.165, 1.54) is 25.0 Å². The van der Waals surface area contributed by atoms with Gasteiger partial charge in [0, 0.05) is 6.07 Å². The Morgan fingerprint density at radius 3 is 2.50 bits per heavy atom. The highest BCUT2D eigenvalue weighted by molar-refractivity contribution is 5.85. The molecule has 9 heteroatoms. The summed E-state index contributed by atoms with van der Waals surface area (Å²) in [5, 5.41) is 37.3. The number of benzene rings is 1. The van der Waals surface area contributed by atoms with Gasteiger partial charge in [-0.2, -0.15) is 0 Å². The molecule has 0 heterocycles. The summed E-state index contributed by atoms with van der Waals surface area (Å²) in [5.41, 5.74) is 0.430. The molecule has 4 aliphatic rings. The van der Waals surface area contributed by atoms with E-state index in [2.05, 4.69) is 19.0 Å². The van der Waals surface area contributed by atoms with E-state index < -0.39 is 15.5 Å². The summed E-state index contributed by atoms with van der Waals surface area (Å²) in [4.78, 5) is 26.4. The largest absolute Gasteiger partial charge is 0.393 e. The fourth-order valence-corrected chi connectivity index (χ4v) is 8.07. The van der Waals surface area contributed by atoms with E-state index in [9.17, 15) is 25.3 Å². The van der Waals surface area contributed by atoms with Gasteiger partial charge in [0.05, 0.1) is 27.7 Å². The Hall–Kier alpha value is -2.55. The number of oxime groups is 1. The molecule has 9 nitrogen and oxygen atoms in total. The third-order valence-corrected chi connectivity index (χ3v) is 10.1. The lowest BCUT2D eigenvalue weighted by molar-refractivity contribution is -0.394. The Labute approximate surface area is 198 Å². The summed E-state index contributed by atoms with van der Waals surface area (Å²) in [6, 6.07) is 3.34. The van der Waals surface area contributed by atoms with Crippen molar-refractivity contribution < 1.29 is 19.8 Å². The molecule has 1 aromatic carbocycles. The van der Waals surface area contributed by atoms with Gasteiger partial charge < -0.3 is 9.94 Å². The fourth-order valence-electron chi connectivity index (χ4n) is 8.07. The second kappa shape index (κ2) is 8.29. The molecule has 4 saturated carbocycles. The molecule has 5 rings (SSSR count). The van der Waals surface area contributed by atoms with Gasteiger partial charge in [0.15, 0.2) is 0 Å². The van der Waals surface area contributed by atoms with Crippen LogP contribution in [0.3, 0.4) is 0 Å². The molecule has 1 aromatic rings. The molecule has 0 radical (unpaired) electrons. The maximum absolute atomic E-state index is 11.4. The third kappa shape index (κ3) is 3.59. The predicted molar refractivity (Wildman–Crippen MR) is 126 cm³/mol. The Bertz CT molecular complexity index is 1040. The predicted octanol–water partition coefficient (Wildman–Crippen LogP) is 5.64. The van der Waals surface area contributed by atoms with Crippen LogP contribution in [-0.2, 0) is 0 Å². The van der Waals surface area contributed by atoms with Crippen molar-refractivity contribution in [2.24, 2.45) is 39.7 Å². The van der Waals surface area contributed by atoms with Gasteiger partial charge in [-0.3, -0.25) is 20.2 Å². The van der Waals surface area contributed by atoms with E-state index in [0.29, 0.717) is 23.7 Å². The van der Waals surface area contributed by atoms with Crippen LogP contribution in [0.4, 0.5) is 11.4 Å². The molecule has 184 valence electrons. The highest BCUT2D eigenvalue weighted by Gasteiger charge is 2.59. The van der Waals surface area contributed by atoms with E-state index in [4.69, 9.17) is 4.84 Å².